The predicted octanol–water partition coefficient (Wildman–Crippen LogP) is 1.08. The number of aliphatic imine (C=N–C) groups is 1. The van der Waals surface area contributed by atoms with Crippen molar-refractivity contribution in [2.45, 2.75) is 19.0 Å². The van der Waals surface area contributed by atoms with Crippen LogP contribution in [-0.4, -0.2) is 58.8 Å². The molecule has 1 aliphatic rings. The number of ether oxygens (including phenoxy) is 1. The molecule has 0 fully saturated rings. The quantitative estimate of drug-likeness (QED) is 0.363. The Hall–Kier alpha value is -2.37. The van der Waals surface area contributed by atoms with Gasteiger partial charge in [-0.15, -0.1) is 24.0 Å². The van der Waals surface area contributed by atoms with Crippen LogP contribution in [-0.2, 0) is 18.4 Å². The van der Waals surface area contributed by atoms with E-state index in [9.17, 15) is 4.79 Å². The number of halogens is 1. The lowest BCUT2D eigenvalue weighted by Gasteiger charge is -2.28. The molecule has 0 spiro atoms. The number of amides is 1. The fraction of sp³-hybridized carbons (Fsp3) is 0.444. The second-order valence-electron chi connectivity index (χ2n) is 6.48. The largest absolute Gasteiger partial charge is 0.493 e. The van der Waals surface area contributed by atoms with E-state index in [4.69, 9.17) is 4.74 Å². The summed E-state index contributed by atoms with van der Waals surface area (Å²) < 4.78 is 7.39. The third-order valence-corrected chi connectivity index (χ3v) is 4.36. The molecule has 2 heterocycles. The number of carbonyl (C=O) groups excluding carboxylic acids is 1. The summed E-state index contributed by atoms with van der Waals surface area (Å²) in [6.07, 6.45) is 2.30. The molecule has 2 aromatic rings. The second-order valence-corrected chi connectivity index (χ2v) is 6.48. The summed E-state index contributed by atoms with van der Waals surface area (Å²) in [7, 11) is 5.27. The normalized spacial score (nSPS) is 15.7. The Balaban J connectivity index is 0.00000280. The first-order valence-electron chi connectivity index (χ1n) is 8.84. The Labute approximate surface area is 181 Å². The van der Waals surface area contributed by atoms with Crippen LogP contribution in [0.25, 0.3) is 0 Å². The molecule has 0 radical (unpaired) electrons. The number of benzene rings is 1. The predicted molar refractivity (Wildman–Crippen MR) is 117 cm³/mol. The summed E-state index contributed by atoms with van der Waals surface area (Å²) >= 11 is 0. The summed E-state index contributed by atoms with van der Waals surface area (Å²) in [5, 5.41) is 10.6. The molecule has 1 aliphatic heterocycles. The summed E-state index contributed by atoms with van der Waals surface area (Å²) in [6.45, 7) is 1.14. The van der Waals surface area contributed by atoms with E-state index in [1.165, 1.54) is 11.2 Å². The van der Waals surface area contributed by atoms with E-state index < -0.39 is 0 Å². The molecule has 0 saturated heterocycles. The number of nitrogens with zero attached hydrogens (tertiary/aromatic N) is 5. The highest BCUT2D eigenvalue weighted by molar-refractivity contribution is 14.0. The molecular weight excluding hydrogens is 473 g/mol. The topological polar surface area (TPSA) is 96.7 Å². The van der Waals surface area contributed by atoms with E-state index in [0.717, 1.165) is 23.6 Å². The SMILES string of the molecule is CN(C)C(=O)CNC(=NCc1ncnn1C)NC1CCOc2ccccc21.I. The maximum Gasteiger partial charge on any atom is 0.241 e. The fourth-order valence-electron chi connectivity index (χ4n) is 2.74. The van der Waals surface area contributed by atoms with Gasteiger partial charge in [0.05, 0.1) is 19.2 Å². The first kappa shape index (κ1) is 21.9. The van der Waals surface area contributed by atoms with Crippen molar-refractivity contribution < 1.29 is 9.53 Å². The molecule has 3 rings (SSSR count). The number of likely N-dealkylation sites (N-methyl/N-ethyl adjacent to an activating group) is 1. The van der Waals surface area contributed by atoms with Crippen LogP contribution in [0.5, 0.6) is 5.75 Å². The number of rotatable bonds is 5. The summed E-state index contributed by atoms with van der Waals surface area (Å²) in [5.41, 5.74) is 1.08. The fourth-order valence-corrected chi connectivity index (χ4v) is 2.74. The number of guanidine groups is 1. The summed E-state index contributed by atoms with van der Waals surface area (Å²) in [6, 6.07) is 8.00. The van der Waals surface area contributed by atoms with Crippen molar-refractivity contribution in [2.75, 3.05) is 27.2 Å². The van der Waals surface area contributed by atoms with Gasteiger partial charge >= 0.3 is 0 Å². The number of fused-ring (bicyclic) bond motifs is 1. The molecule has 2 N–H and O–H groups in total. The van der Waals surface area contributed by atoms with Crippen LogP contribution in [0.15, 0.2) is 35.6 Å². The van der Waals surface area contributed by atoms with Gasteiger partial charge in [0.15, 0.2) is 5.96 Å². The summed E-state index contributed by atoms with van der Waals surface area (Å²) in [5.74, 6) is 2.13. The van der Waals surface area contributed by atoms with Crippen LogP contribution >= 0.6 is 24.0 Å². The van der Waals surface area contributed by atoms with Gasteiger partial charge in [-0.3, -0.25) is 9.48 Å². The van der Waals surface area contributed by atoms with Crippen LogP contribution in [0.3, 0.4) is 0 Å². The molecule has 152 valence electrons. The number of hydrogen-bond acceptors (Lipinski definition) is 5. The first-order chi connectivity index (χ1) is 13.0. The average molecular weight is 499 g/mol. The van der Waals surface area contributed by atoms with Gasteiger partial charge < -0.3 is 20.3 Å². The number of hydrogen-bond donors (Lipinski definition) is 2. The van der Waals surface area contributed by atoms with Gasteiger partial charge in [-0.25, -0.2) is 9.98 Å². The molecule has 1 atom stereocenters. The minimum atomic E-state index is -0.0319. The minimum Gasteiger partial charge on any atom is -0.493 e. The van der Waals surface area contributed by atoms with Crippen LogP contribution in [0.1, 0.15) is 23.9 Å². The maximum absolute atomic E-state index is 12.0. The van der Waals surface area contributed by atoms with E-state index in [-0.39, 0.29) is 42.5 Å². The molecule has 0 bridgehead atoms. The van der Waals surface area contributed by atoms with Crippen LogP contribution in [0, 0.1) is 0 Å². The standard InChI is InChI=1S/C18H25N7O2.HI/c1-24(2)17(26)11-20-18(19-10-16-21-12-22-25(16)3)23-14-8-9-27-15-7-5-4-6-13(14)15;/h4-7,12,14H,8-11H2,1-3H3,(H2,19,20,23);1H. The van der Waals surface area contributed by atoms with Gasteiger partial charge in [-0.1, -0.05) is 18.2 Å². The van der Waals surface area contributed by atoms with Crippen molar-refractivity contribution in [3.8, 4) is 5.75 Å². The van der Waals surface area contributed by atoms with Crippen molar-refractivity contribution >= 4 is 35.8 Å². The zero-order chi connectivity index (χ0) is 19.2. The highest BCUT2D eigenvalue weighted by Crippen LogP contribution is 2.31. The molecule has 1 amide bonds. The maximum atomic E-state index is 12.0. The monoisotopic (exact) mass is 499 g/mol. The third-order valence-electron chi connectivity index (χ3n) is 4.36. The minimum absolute atomic E-state index is 0. The van der Waals surface area contributed by atoms with Crippen LogP contribution < -0.4 is 15.4 Å². The number of aryl methyl sites for hydroxylation is 1. The van der Waals surface area contributed by atoms with Crippen molar-refractivity contribution in [3.63, 3.8) is 0 Å². The Kier molecular flexibility index (Phi) is 8.03. The molecule has 1 aromatic heterocycles. The highest BCUT2D eigenvalue weighted by atomic mass is 127. The van der Waals surface area contributed by atoms with Crippen LogP contribution in [0.2, 0.25) is 0 Å². The van der Waals surface area contributed by atoms with Gasteiger partial charge in [0.1, 0.15) is 24.4 Å². The molecule has 0 saturated carbocycles. The number of carbonyl (C=O) groups is 1. The number of para-hydroxylation sites is 1. The Morgan fingerprint density at radius 3 is 2.89 bits per heavy atom. The van der Waals surface area contributed by atoms with E-state index in [1.807, 2.05) is 31.3 Å². The lowest BCUT2D eigenvalue weighted by atomic mass is 10.0. The second kappa shape index (κ2) is 10.2. The molecular formula is C18H26IN7O2. The third kappa shape index (κ3) is 5.57. The Morgan fingerprint density at radius 1 is 1.39 bits per heavy atom. The first-order valence-corrected chi connectivity index (χ1v) is 8.84. The van der Waals surface area contributed by atoms with Crippen molar-refractivity contribution in [2.24, 2.45) is 12.0 Å². The Bertz CT molecular complexity index is 822. The summed E-state index contributed by atoms with van der Waals surface area (Å²) in [4.78, 5) is 22.3. The van der Waals surface area contributed by atoms with Gasteiger partial charge in [0.2, 0.25) is 5.91 Å². The van der Waals surface area contributed by atoms with Gasteiger partial charge in [-0.05, 0) is 6.07 Å². The van der Waals surface area contributed by atoms with E-state index in [1.54, 1.807) is 18.8 Å². The smallest absolute Gasteiger partial charge is 0.241 e. The van der Waals surface area contributed by atoms with Crippen LogP contribution in [0.4, 0.5) is 0 Å². The molecule has 1 unspecified atom stereocenters. The van der Waals surface area contributed by atoms with Gasteiger partial charge in [0.25, 0.3) is 0 Å². The van der Waals surface area contributed by atoms with Crippen molar-refractivity contribution in [3.05, 3.63) is 42.0 Å². The molecule has 1 aromatic carbocycles. The molecule has 28 heavy (non-hydrogen) atoms. The highest BCUT2D eigenvalue weighted by Gasteiger charge is 2.22. The lowest BCUT2D eigenvalue weighted by molar-refractivity contribution is -0.127. The lowest BCUT2D eigenvalue weighted by Crippen LogP contribution is -2.45. The molecule has 9 nitrogen and oxygen atoms in total. The zero-order valence-electron chi connectivity index (χ0n) is 16.3. The van der Waals surface area contributed by atoms with Gasteiger partial charge in [0, 0.05) is 33.1 Å². The number of nitrogens with one attached hydrogen (secondary N) is 2. The zero-order valence-corrected chi connectivity index (χ0v) is 18.6. The molecule has 10 heteroatoms. The molecule has 0 aliphatic carbocycles. The van der Waals surface area contributed by atoms with Crippen molar-refractivity contribution in [1.82, 2.24) is 30.3 Å². The van der Waals surface area contributed by atoms with Crippen molar-refractivity contribution in [1.29, 1.82) is 0 Å². The van der Waals surface area contributed by atoms with E-state index in [0.29, 0.717) is 19.1 Å². The number of aromatic nitrogens is 3. The van der Waals surface area contributed by atoms with Gasteiger partial charge in [-0.2, -0.15) is 5.10 Å². The van der Waals surface area contributed by atoms with E-state index in [2.05, 4.69) is 25.7 Å². The average Bonchev–Trinajstić information content (AvgIpc) is 3.08. The Morgan fingerprint density at radius 2 is 2.18 bits per heavy atom. The van der Waals surface area contributed by atoms with E-state index >= 15 is 0 Å².